The molecule has 0 bridgehead atoms. The van der Waals surface area contributed by atoms with E-state index in [-0.39, 0.29) is 35.6 Å². The molecule has 0 saturated heterocycles. The van der Waals surface area contributed by atoms with Crippen molar-refractivity contribution in [2.75, 3.05) is 20.2 Å². The lowest BCUT2D eigenvalue weighted by molar-refractivity contribution is -0.0586. The first-order chi connectivity index (χ1) is 15.1. The highest BCUT2D eigenvalue weighted by Crippen LogP contribution is 2.25. The van der Waals surface area contributed by atoms with Crippen molar-refractivity contribution in [1.82, 2.24) is 9.96 Å². The standard InChI is InChI=1S/C23H24N2O7/c1-23(2,3)31-22(29)24(4)13-14-30-18-12-8-7-11-17(18)21(28)32-25-19(26)15-9-5-6-10-16(15)20(25)27/h5-12H,13-14H2,1-4H3. The lowest BCUT2D eigenvalue weighted by Gasteiger charge is -2.24. The topological polar surface area (TPSA) is 102 Å². The fraction of sp³-hybridized carbons (Fsp3) is 0.304. The first-order valence-corrected chi connectivity index (χ1v) is 9.94. The van der Waals surface area contributed by atoms with Crippen LogP contribution in [-0.2, 0) is 9.57 Å². The van der Waals surface area contributed by atoms with Crippen molar-refractivity contribution < 1.29 is 33.5 Å². The van der Waals surface area contributed by atoms with Gasteiger partial charge in [0.1, 0.15) is 23.5 Å². The number of nitrogens with zero attached hydrogens (tertiary/aromatic N) is 2. The van der Waals surface area contributed by atoms with Gasteiger partial charge in [-0.25, -0.2) is 9.59 Å². The Kier molecular flexibility index (Phi) is 6.47. The fourth-order valence-corrected chi connectivity index (χ4v) is 2.87. The van der Waals surface area contributed by atoms with Crippen LogP contribution in [0.2, 0.25) is 0 Å². The van der Waals surface area contributed by atoms with Crippen LogP contribution in [0.1, 0.15) is 51.8 Å². The Morgan fingerprint density at radius 3 is 2.09 bits per heavy atom. The zero-order valence-electron chi connectivity index (χ0n) is 18.3. The Bertz CT molecular complexity index is 1020. The van der Waals surface area contributed by atoms with Crippen molar-refractivity contribution in [1.29, 1.82) is 0 Å². The number of carbonyl (C=O) groups excluding carboxylic acids is 4. The Hall–Kier alpha value is -3.88. The van der Waals surface area contributed by atoms with Gasteiger partial charge in [-0.2, -0.15) is 0 Å². The average Bonchev–Trinajstić information content (AvgIpc) is 2.98. The summed E-state index contributed by atoms with van der Waals surface area (Å²) >= 11 is 0. The van der Waals surface area contributed by atoms with Crippen LogP contribution in [0.25, 0.3) is 0 Å². The van der Waals surface area contributed by atoms with E-state index in [4.69, 9.17) is 14.3 Å². The lowest BCUT2D eigenvalue weighted by atomic mass is 10.1. The Labute approximate surface area is 185 Å². The van der Waals surface area contributed by atoms with E-state index in [1.165, 1.54) is 23.1 Å². The van der Waals surface area contributed by atoms with E-state index in [0.717, 1.165) is 0 Å². The van der Waals surface area contributed by atoms with Crippen molar-refractivity contribution in [2.24, 2.45) is 0 Å². The molecule has 9 nitrogen and oxygen atoms in total. The van der Waals surface area contributed by atoms with Crippen molar-refractivity contribution in [3.8, 4) is 5.75 Å². The SMILES string of the molecule is CN(CCOc1ccccc1C(=O)ON1C(=O)c2ccccc2C1=O)C(=O)OC(C)(C)C. The van der Waals surface area contributed by atoms with Crippen LogP contribution in [-0.4, -0.2) is 59.6 Å². The molecule has 0 spiro atoms. The highest BCUT2D eigenvalue weighted by atomic mass is 16.7. The summed E-state index contributed by atoms with van der Waals surface area (Å²) in [5, 5.41) is 0.445. The number of imide groups is 1. The van der Waals surface area contributed by atoms with Gasteiger partial charge in [-0.1, -0.05) is 29.3 Å². The first kappa shape index (κ1) is 22.8. The third kappa shape index (κ3) is 5.05. The van der Waals surface area contributed by atoms with Gasteiger partial charge in [-0.15, -0.1) is 0 Å². The zero-order chi connectivity index (χ0) is 23.5. The molecular weight excluding hydrogens is 416 g/mol. The molecule has 0 atom stereocenters. The average molecular weight is 440 g/mol. The maximum atomic E-state index is 12.7. The number of carbonyl (C=O) groups is 4. The van der Waals surface area contributed by atoms with Crippen LogP contribution in [0.5, 0.6) is 5.75 Å². The van der Waals surface area contributed by atoms with Gasteiger partial charge in [-0.3, -0.25) is 9.59 Å². The van der Waals surface area contributed by atoms with Crippen LogP contribution < -0.4 is 4.74 Å². The Morgan fingerprint density at radius 2 is 1.50 bits per heavy atom. The quantitative estimate of drug-likeness (QED) is 0.635. The molecule has 2 aromatic carbocycles. The lowest BCUT2D eigenvalue weighted by Crippen LogP contribution is -2.36. The molecule has 0 N–H and O–H groups in total. The predicted molar refractivity (Wildman–Crippen MR) is 113 cm³/mol. The molecule has 0 radical (unpaired) electrons. The third-order valence-corrected chi connectivity index (χ3v) is 4.43. The second-order valence-corrected chi connectivity index (χ2v) is 8.08. The minimum Gasteiger partial charge on any atom is -0.491 e. The van der Waals surface area contributed by atoms with E-state index < -0.39 is 29.5 Å². The van der Waals surface area contributed by atoms with E-state index in [2.05, 4.69) is 0 Å². The summed E-state index contributed by atoms with van der Waals surface area (Å²) < 4.78 is 10.9. The minimum absolute atomic E-state index is 0.0315. The van der Waals surface area contributed by atoms with Crippen molar-refractivity contribution in [3.63, 3.8) is 0 Å². The second-order valence-electron chi connectivity index (χ2n) is 8.08. The fourth-order valence-electron chi connectivity index (χ4n) is 2.87. The molecule has 1 aliphatic rings. The van der Waals surface area contributed by atoms with Crippen LogP contribution in [0.3, 0.4) is 0 Å². The van der Waals surface area contributed by atoms with E-state index in [1.54, 1.807) is 58.2 Å². The van der Waals surface area contributed by atoms with Gasteiger partial charge in [0.25, 0.3) is 11.8 Å². The smallest absolute Gasteiger partial charge is 0.410 e. The number of likely N-dealkylation sites (N-methyl/N-ethyl adjacent to an activating group) is 1. The van der Waals surface area contributed by atoms with Gasteiger partial charge in [0, 0.05) is 7.05 Å². The number of rotatable bonds is 6. The molecule has 1 heterocycles. The number of hydrogen-bond acceptors (Lipinski definition) is 7. The van der Waals surface area contributed by atoms with E-state index >= 15 is 0 Å². The number of para-hydroxylation sites is 1. The Morgan fingerprint density at radius 1 is 0.938 bits per heavy atom. The maximum absolute atomic E-state index is 12.7. The molecule has 0 fully saturated rings. The van der Waals surface area contributed by atoms with Crippen LogP contribution in [0, 0.1) is 0 Å². The van der Waals surface area contributed by atoms with Crippen LogP contribution >= 0.6 is 0 Å². The molecule has 0 aliphatic carbocycles. The van der Waals surface area contributed by atoms with Crippen molar-refractivity contribution in [3.05, 3.63) is 65.2 Å². The van der Waals surface area contributed by atoms with Crippen LogP contribution in [0.15, 0.2) is 48.5 Å². The zero-order valence-corrected chi connectivity index (χ0v) is 18.3. The third-order valence-electron chi connectivity index (χ3n) is 4.43. The molecule has 1 aliphatic heterocycles. The van der Waals surface area contributed by atoms with Gasteiger partial charge in [-0.05, 0) is 45.0 Å². The predicted octanol–water partition coefficient (Wildman–Crippen LogP) is 3.30. The number of ether oxygens (including phenoxy) is 2. The highest BCUT2D eigenvalue weighted by Gasteiger charge is 2.39. The minimum atomic E-state index is -0.921. The van der Waals surface area contributed by atoms with Crippen molar-refractivity contribution >= 4 is 23.9 Å². The van der Waals surface area contributed by atoms with Crippen molar-refractivity contribution in [2.45, 2.75) is 26.4 Å². The summed E-state index contributed by atoms with van der Waals surface area (Å²) in [7, 11) is 1.57. The summed E-state index contributed by atoms with van der Waals surface area (Å²) in [6.07, 6.45) is -0.501. The monoisotopic (exact) mass is 440 g/mol. The number of amides is 3. The molecule has 0 unspecified atom stereocenters. The molecule has 3 rings (SSSR count). The summed E-state index contributed by atoms with van der Waals surface area (Å²) in [6.45, 7) is 5.59. The molecule has 9 heteroatoms. The van der Waals surface area contributed by atoms with Gasteiger partial charge in [0.05, 0.1) is 17.7 Å². The first-order valence-electron chi connectivity index (χ1n) is 9.94. The van der Waals surface area contributed by atoms with E-state index in [1.807, 2.05) is 0 Å². The molecule has 3 amide bonds. The Balaban J connectivity index is 1.63. The van der Waals surface area contributed by atoms with Gasteiger partial charge < -0.3 is 19.2 Å². The van der Waals surface area contributed by atoms with Gasteiger partial charge >= 0.3 is 12.1 Å². The molecule has 0 saturated carbocycles. The molecule has 0 aromatic heterocycles. The maximum Gasteiger partial charge on any atom is 0.410 e. The van der Waals surface area contributed by atoms with Crippen LogP contribution in [0.4, 0.5) is 4.79 Å². The second kappa shape index (κ2) is 9.09. The number of hydrogen-bond donors (Lipinski definition) is 0. The summed E-state index contributed by atoms with van der Waals surface area (Å²) in [5.41, 5.74) is -0.254. The summed E-state index contributed by atoms with van der Waals surface area (Å²) in [4.78, 5) is 56.0. The van der Waals surface area contributed by atoms with E-state index in [9.17, 15) is 19.2 Å². The highest BCUT2D eigenvalue weighted by molar-refractivity contribution is 6.21. The van der Waals surface area contributed by atoms with E-state index in [0.29, 0.717) is 5.06 Å². The number of hydroxylamine groups is 2. The number of benzene rings is 2. The molecular formula is C23H24N2O7. The molecule has 2 aromatic rings. The summed E-state index contributed by atoms with van der Waals surface area (Å²) in [5.74, 6) is -2.16. The normalized spacial score (nSPS) is 12.9. The largest absolute Gasteiger partial charge is 0.491 e. The van der Waals surface area contributed by atoms with Gasteiger partial charge in [0.2, 0.25) is 0 Å². The summed E-state index contributed by atoms with van der Waals surface area (Å²) in [6, 6.07) is 12.5. The molecule has 32 heavy (non-hydrogen) atoms. The van der Waals surface area contributed by atoms with Gasteiger partial charge in [0.15, 0.2) is 0 Å². The molecule has 168 valence electrons. The number of fused-ring (bicyclic) bond motifs is 1.